The molecule has 1 N–H and O–H groups in total. The average molecular weight is 479 g/mol. The molecule has 11 nitrogen and oxygen atoms in total. The second-order valence-corrected chi connectivity index (χ2v) is 9.43. The molecule has 0 bridgehead atoms. The number of aromatic nitrogens is 6. The number of hydrogen-bond donors (Lipinski definition) is 1. The largest absolute Gasteiger partial charge is 0.372 e. The Balaban J connectivity index is 1.42. The van der Waals surface area contributed by atoms with E-state index >= 15 is 0 Å². The van der Waals surface area contributed by atoms with Crippen LogP contribution in [0.15, 0.2) is 43.1 Å². The Kier molecular flexibility index (Phi) is 6.29. The summed E-state index contributed by atoms with van der Waals surface area (Å²) >= 11 is 1.67. The Bertz CT molecular complexity index is 1090. The van der Waals surface area contributed by atoms with E-state index in [9.17, 15) is 0 Å². The minimum Gasteiger partial charge on any atom is -0.372 e. The van der Waals surface area contributed by atoms with Gasteiger partial charge in [-0.25, -0.2) is 34.2 Å². The van der Waals surface area contributed by atoms with Gasteiger partial charge in [0, 0.05) is 81.9 Å². The first-order chi connectivity index (χ1) is 16.9. The third-order valence-corrected chi connectivity index (χ3v) is 7.30. The molecular weight excluding hydrogens is 452 g/mol. The lowest BCUT2D eigenvalue weighted by Crippen LogP contribution is -2.47. The number of nitrogens with zero attached hydrogens (tertiary/aromatic N) is 9. The van der Waals surface area contributed by atoms with E-state index in [1.165, 1.54) is 0 Å². The van der Waals surface area contributed by atoms with E-state index in [2.05, 4.69) is 34.0 Å². The van der Waals surface area contributed by atoms with Gasteiger partial charge in [-0.3, -0.25) is 0 Å². The molecule has 3 aliphatic heterocycles. The molecule has 176 valence electrons. The summed E-state index contributed by atoms with van der Waals surface area (Å²) in [4.78, 5) is 27.8. The molecule has 0 spiro atoms. The zero-order chi connectivity index (χ0) is 22.7. The first-order valence-corrected chi connectivity index (χ1v) is 12.4. The van der Waals surface area contributed by atoms with Gasteiger partial charge in [0.25, 0.3) is 0 Å². The van der Waals surface area contributed by atoms with Crippen LogP contribution in [-0.4, -0.2) is 77.5 Å². The second kappa shape index (κ2) is 9.84. The van der Waals surface area contributed by atoms with Crippen molar-refractivity contribution in [1.29, 1.82) is 0 Å². The van der Waals surface area contributed by atoms with Crippen LogP contribution in [-0.2, 0) is 4.74 Å². The normalized spacial score (nSPS) is 23.5. The molecule has 12 heteroatoms. The maximum Gasteiger partial charge on any atom is 0.248 e. The molecule has 6 rings (SSSR count). The molecule has 0 radical (unpaired) electrons. The first-order valence-electron chi connectivity index (χ1n) is 11.6. The van der Waals surface area contributed by atoms with Gasteiger partial charge in [0.1, 0.15) is 6.10 Å². The molecule has 6 heterocycles. The lowest BCUT2D eigenvalue weighted by Gasteiger charge is -2.30. The standard InChI is InChI=1S/C22H26N10OS/c1-2-12-33-18(5-1)19-17(20-24-6-3-7-25-20)14-28-22(29-19)32(21-26-8-4-9-27-21)31-15-16-13-23-10-11-30(16)34-31/h3-4,6-9,14,16,18,23H,1-2,5,10-13,15H2. The summed E-state index contributed by atoms with van der Waals surface area (Å²) in [6.07, 6.45) is 11.7. The van der Waals surface area contributed by atoms with Gasteiger partial charge in [-0.15, -0.1) is 4.41 Å². The fourth-order valence-corrected chi connectivity index (χ4v) is 5.59. The van der Waals surface area contributed by atoms with Gasteiger partial charge in [-0.1, -0.05) is 0 Å². The molecule has 3 aromatic rings. The van der Waals surface area contributed by atoms with Crippen LogP contribution < -0.4 is 10.3 Å². The highest BCUT2D eigenvalue weighted by Crippen LogP contribution is 2.38. The van der Waals surface area contributed by atoms with Crippen LogP contribution in [0.2, 0.25) is 0 Å². The van der Waals surface area contributed by atoms with Crippen molar-refractivity contribution in [3.63, 3.8) is 0 Å². The number of piperazine rings is 1. The van der Waals surface area contributed by atoms with E-state index < -0.39 is 0 Å². The van der Waals surface area contributed by atoms with E-state index in [1.54, 1.807) is 49.2 Å². The summed E-state index contributed by atoms with van der Waals surface area (Å²) in [7, 11) is 0. The lowest BCUT2D eigenvalue weighted by atomic mass is 10.0. The van der Waals surface area contributed by atoms with Crippen LogP contribution >= 0.6 is 12.1 Å². The molecule has 0 saturated carbocycles. The maximum absolute atomic E-state index is 6.14. The van der Waals surface area contributed by atoms with Crippen LogP contribution in [0.3, 0.4) is 0 Å². The average Bonchev–Trinajstić information content (AvgIpc) is 3.34. The van der Waals surface area contributed by atoms with Crippen molar-refractivity contribution in [2.75, 3.05) is 37.8 Å². The number of rotatable bonds is 5. The molecule has 3 saturated heterocycles. The Morgan fingerprint density at radius 1 is 1.00 bits per heavy atom. The summed E-state index contributed by atoms with van der Waals surface area (Å²) < 4.78 is 10.7. The highest BCUT2D eigenvalue weighted by atomic mass is 32.2. The Labute approximate surface area is 202 Å². The van der Waals surface area contributed by atoms with E-state index in [0.29, 0.717) is 23.8 Å². The number of hydrazine groups is 1. The van der Waals surface area contributed by atoms with Gasteiger partial charge in [-0.05, 0) is 31.4 Å². The maximum atomic E-state index is 6.14. The molecule has 0 aliphatic carbocycles. The summed E-state index contributed by atoms with van der Waals surface area (Å²) in [5, 5.41) is 5.39. The zero-order valence-electron chi connectivity index (χ0n) is 18.7. The van der Waals surface area contributed by atoms with Crippen molar-refractivity contribution in [1.82, 2.24) is 43.9 Å². The minimum absolute atomic E-state index is 0.130. The molecule has 3 aliphatic rings. The van der Waals surface area contributed by atoms with Crippen LogP contribution in [0.1, 0.15) is 31.1 Å². The number of hydrogen-bond acceptors (Lipinski definition) is 12. The number of ether oxygens (including phenoxy) is 1. The van der Waals surface area contributed by atoms with E-state index in [4.69, 9.17) is 14.7 Å². The SMILES string of the molecule is c1cnc(-c2cnc(N(c3ncccn3)N3CC4CNCCN4S3)nc2C2CCCCO2)nc1. The van der Waals surface area contributed by atoms with Gasteiger partial charge in [0.05, 0.1) is 11.3 Å². The van der Waals surface area contributed by atoms with E-state index in [0.717, 1.165) is 63.3 Å². The summed E-state index contributed by atoms with van der Waals surface area (Å²) in [5.41, 5.74) is 1.60. The Morgan fingerprint density at radius 2 is 1.82 bits per heavy atom. The van der Waals surface area contributed by atoms with Gasteiger partial charge < -0.3 is 10.1 Å². The molecule has 2 atom stereocenters. The molecule has 0 aromatic carbocycles. The van der Waals surface area contributed by atoms with Crippen molar-refractivity contribution in [2.24, 2.45) is 0 Å². The second-order valence-electron chi connectivity index (χ2n) is 8.37. The number of nitrogens with one attached hydrogen (secondary N) is 1. The monoisotopic (exact) mass is 478 g/mol. The van der Waals surface area contributed by atoms with Crippen molar-refractivity contribution in [3.05, 3.63) is 48.8 Å². The van der Waals surface area contributed by atoms with Gasteiger partial charge in [0.15, 0.2) is 5.82 Å². The van der Waals surface area contributed by atoms with Crippen LogP contribution in [0.4, 0.5) is 11.9 Å². The van der Waals surface area contributed by atoms with Gasteiger partial charge in [-0.2, -0.15) is 5.01 Å². The molecule has 34 heavy (non-hydrogen) atoms. The van der Waals surface area contributed by atoms with Crippen LogP contribution in [0.5, 0.6) is 0 Å². The van der Waals surface area contributed by atoms with E-state index in [1.807, 2.05) is 11.1 Å². The lowest BCUT2D eigenvalue weighted by molar-refractivity contribution is 0.0126. The minimum atomic E-state index is -0.130. The topological polar surface area (TPSA) is 108 Å². The quantitative estimate of drug-likeness (QED) is 0.543. The molecule has 2 unspecified atom stereocenters. The summed E-state index contributed by atoms with van der Waals surface area (Å²) in [6.45, 7) is 4.42. The van der Waals surface area contributed by atoms with Crippen LogP contribution in [0.25, 0.3) is 11.4 Å². The number of fused-ring (bicyclic) bond motifs is 1. The fraction of sp³-hybridized carbons (Fsp3) is 0.455. The Hall–Kier alpha value is -2.77. The van der Waals surface area contributed by atoms with E-state index in [-0.39, 0.29) is 6.10 Å². The third-order valence-electron chi connectivity index (χ3n) is 6.11. The molecule has 3 fully saturated rings. The van der Waals surface area contributed by atoms with Crippen molar-refractivity contribution in [3.8, 4) is 11.4 Å². The van der Waals surface area contributed by atoms with Crippen LogP contribution in [0, 0.1) is 0 Å². The summed E-state index contributed by atoms with van der Waals surface area (Å²) in [6, 6.07) is 4.01. The van der Waals surface area contributed by atoms with Crippen molar-refractivity contribution >= 4 is 24.0 Å². The predicted octanol–water partition coefficient (Wildman–Crippen LogP) is 2.17. The zero-order valence-corrected chi connectivity index (χ0v) is 19.5. The molecule has 0 amide bonds. The smallest absolute Gasteiger partial charge is 0.248 e. The highest BCUT2D eigenvalue weighted by molar-refractivity contribution is 7.95. The molecular formula is C22H26N10OS. The van der Waals surface area contributed by atoms with Gasteiger partial charge >= 0.3 is 0 Å². The highest BCUT2D eigenvalue weighted by Gasteiger charge is 2.39. The van der Waals surface area contributed by atoms with Gasteiger partial charge in [0.2, 0.25) is 11.9 Å². The number of anilines is 2. The summed E-state index contributed by atoms with van der Waals surface area (Å²) in [5.74, 6) is 1.64. The third kappa shape index (κ3) is 4.34. The fourth-order valence-electron chi connectivity index (χ4n) is 4.45. The predicted molar refractivity (Wildman–Crippen MR) is 127 cm³/mol. The Morgan fingerprint density at radius 3 is 2.59 bits per heavy atom. The first kappa shape index (κ1) is 21.7. The van der Waals surface area contributed by atoms with Crippen molar-refractivity contribution in [2.45, 2.75) is 31.4 Å². The molecule has 3 aromatic heterocycles. The van der Waals surface area contributed by atoms with Crippen molar-refractivity contribution < 1.29 is 4.74 Å².